The van der Waals surface area contributed by atoms with Crippen molar-refractivity contribution in [3.63, 3.8) is 0 Å². The third-order valence-electron chi connectivity index (χ3n) is 6.74. The van der Waals surface area contributed by atoms with Crippen molar-refractivity contribution in [2.45, 2.75) is 31.4 Å². The summed E-state index contributed by atoms with van der Waals surface area (Å²) in [6, 6.07) is 30.4. The maximum atomic E-state index is 12.6. The molecule has 0 aliphatic rings. The molecule has 5 nitrogen and oxygen atoms in total. The van der Waals surface area contributed by atoms with Gasteiger partial charge >= 0.3 is 12.1 Å². The smallest absolute Gasteiger partial charge is 0.389 e. The molecule has 0 spiro atoms. The standard InChI is InChI=1S/C33H33F3N2O3/c1-37-27-12-6-24(7-13-27)31(25-8-14-28(38-2)15-9-25)22-23-4-16-30(17-5-23)41-32(39)26-10-18-29(19-11-26)40-21-3-20-33(34,35)36/h4-19,31,37-38H,3,20-22H2,1-2H3. The SMILES string of the molecule is CNc1ccc(C(Cc2ccc(OC(=O)c3ccc(OCCCC(F)(F)F)cc3)cc2)c2ccc(NC)cc2)cc1. The van der Waals surface area contributed by atoms with Crippen LogP contribution in [0.15, 0.2) is 97.1 Å². The molecule has 0 amide bonds. The van der Waals surface area contributed by atoms with Crippen molar-refractivity contribution in [1.82, 2.24) is 0 Å². The molecule has 4 aromatic rings. The number of halogens is 3. The zero-order valence-corrected chi connectivity index (χ0v) is 23.0. The lowest BCUT2D eigenvalue weighted by atomic mass is 9.86. The molecule has 41 heavy (non-hydrogen) atoms. The number of alkyl halides is 3. The lowest BCUT2D eigenvalue weighted by Crippen LogP contribution is -2.10. The third-order valence-corrected chi connectivity index (χ3v) is 6.74. The van der Waals surface area contributed by atoms with Crippen LogP contribution in [0, 0.1) is 0 Å². The molecule has 0 aliphatic carbocycles. The maximum absolute atomic E-state index is 12.6. The van der Waals surface area contributed by atoms with Crippen LogP contribution in [0.3, 0.4) is 0 Å². The number of hydrogen-bond acceptors (Lipinski definition) is 5. The molecule has 0 bridgehead atoms. The maximum Gasteiger partial charge on any atom is 0.389 e. The van der Waals surface area contributed by atoms with E-state index in [0.717, 1.165) is 23.4 Å². The molecule has 8 heteroatoms. The molecule has 0 heterocycles. The molecule has 214 valence electrons. The van der Waals surface area contributed by atoms with Gasteiger partial charge in [-0.15, -0.1) is 0 Å². The summed E-state index contributed by atoms with van der Waals surface area (Å²) in [5.74, 6) is 0.409. The molecule has 4 aromatic carbocycles. The van der Waals surface area contributed by atoms with E-state index in [0.29, 0.717) is 17.1 Å². The van der Waals surface area contributed by atoms with Gasteiger partial charge in [-0.05, 0) is 90.2 Å². The first kappa shape index (κ1) is 29.5. The Morgan fingerprint density at radius 2 is 1.24 bits per heavy atom. The van der Waals surface area contributed by atoms with Gasteiger partial charge < -0.3 is 20.1 Å². The number of hydrogen-bond donors (Lipinski definition) is 2. The summed E-state index contributed by atoms with van der Waals surface area (Å²) < 4.78 is 47.6. The van der Waals surface area contributed by atoms with Crippen LogP contribution in [0.1, 0.15) is 45.8 Å². The molecular formula is C33H33F3N2O3. The number of nitrogens with one attached hydrogen (secondary N) is 2. The van der Waals surface area contributed by atoms with E-state index in [9.17, 15) is 18.0 Å². The minimum Gasteiger partial charge on any atom is -0.494 e. The zero-order valence-electron chi connectivity index (χ0n) is 23.0. The number of benzene rings is 4. The summed E-state index contributed by atoms with van der Waals surface area (Å²) in [5.41, 5.74) is 5.90. The van der Waals surface area contributed by atoms with Crippen molar-refractivity contribution < 1.29 is 27.4 Å². The van der Waals surface area contributed by atoms with Crippen LogP contribution >= 0.6 is 0 Å². The van der Waals surface area contributed by atoms with Crippen molar-refractivity contribution in [2.75, 3.05) is 31.3 Å². The molecule has 2 N–H and O–H groups in total. The molecule has 0 aromatic heterocycles. The second kappa shape index (κ2) is 13.7. The van der Waals surface area contributed by atoms with Crippen molar-refractivity contribution in [3.8, 4) is 11.5 Å². The van der Waals surface area contributed by atoms with Gasteiger partial charge in [0.1, 0.15) is 11.5 Å². The molecule has 0 atom stereocenters. The van der Waals surface area contributed by atoms with E-state index >= 15 is 0 Å². The van der Waals surface area contributed by atoms with Gasteiger partial charge in [0.25, 0.3) is 0 Å². The van der Waals surface area contributed by atoms with Gasteiger partial charge in [0, 0.05) is 37.8 Å². The highest BCUT2D eigenvalue weighted by Gasteiger charge is 2.26. The Morgan fingerprint density at radius 1 is 0.732 bits per heavy atom. The normalized spacial score (nSPS) is 11.3. The van der Waals surface area contributed by atoms with Crippen molar-refractivity contribution >= 4 is 17.3 Å². The fraction of sp³-hybridized carbons (Fsp3) is 0.242. The minimum absolute atomic E-state index is 0.0565. The van der Waals surface area contributed by atoms with Gasteiger partial charge in [-0.3, -0.25) is 0 Å². The van der Waals surface area contributed by atoms with E-state index in [1.807, 2.05) is 26.2 Å². The first-order valence-corrected chi connectivity index (χ1v) is 13.4. The van der Waals surface area contributed by atoms with E-state index in [4.69, 9.17) is 9.47 Å². The molecule has 0 saturated heterocycles. The van der Waals surface area contributed by atoms with Crippen LogP contribution in [0.2, 0.25) is 0 Å². The van der Waals surface area contributed by atoms with Crippen molar-refractivity contribution in [2.24, 2.45) is 0 Å². The predicted octanol–water partition coefficient (Wildman–Crippen LogP) is 8.09. The van der Waals surface area contributed by atoms with Gasteiger partial charge in [0.15, 0.2) is 0 Å². The number of rotatable bonds is 12. The van der Waals surface area contributed by atoms with Gasteiger partial charge in [-0.25, -0.2) is 4.79 Å². The average molecular weight is 563 g/mol. The second-order valence-electron chi connectivity index (χ2n) is 9.63. The Balaban J connectivity index is 1.39. The molecule has 0 radical (unpaired) electrons. The quantitative estimate of drug-likeness (QED) is 0.104. The molecule has 4 rings (SSSR count). The monoisotopic (exact) mass is 562 g/mol. The van der Waals surface area contributed by atoms with Crippen molar-refractivity contribution in [1.29, 1.82) is 0 Å². The summed E-state index contributed by atoms with van der Waals surface area (Å²) >= 11 is 0. The van der Waals surface area contributed by atoms with Gasteiger partial charge in [0.2, 0.25) is 0 Å². The average Bonchev–Trinajstić information content (AvgIpc) is 2.99. The van der Waals surface area contributed by atoms with Crippen LogP contribution in [-0.4, -0.2) is 32.8 Å². The highest BCUT2D eigenvalue weighted by molar-refractivity contribution is 5.91. The lowest BCUT2D eigenvalue weighted by molar-refractivity contribution is -0.136. The molecule has 0 fully saturated rings. The van der Waals surface area contributed by atoms with Crippen LogP contribution in [0.5, 0.6) is 11.5 Å². The molecule has 0 aliphatic heterocycles. The fourth-order valence-corrected chi connectivity index (χ4v) is 4.44. The minimum atomic E-state index is -4.20. The Morgan fingerprint density at radius 3 is 1.73 bits per heavy atom. The van der Waals surface area contributed by atoms with Gasteiger partial charge in [0.05, 0.1) is 12.2 Å². The van der Waals surface area contributed by atoms with Gasteiger partial charge in [-0.1, -0.05) is 36.4 Å². The van der Waals surface area contributed by atoms with Crippen LogP contribution in [0.25, 0.3) is 0 Å². The van der Waals surface area contributed by atoms with Gasteiger partial charge in [-0.2, -0.15) is 13.2 Å². The second-order valence-corrected chi connectivity index (χ2v) is 9.63. The van der Waals surface area contributed by atoms with E-state index in [2.05, 4.69) is 59.2 Å². The number of carbonyl (C=O) groups excluding carboxylic acids is 1. The van der Waals surface area contributed by atoms with E-state index in [1.165, 1.54) is 23.3 Å². The Kier molecular flexibility index (Phi) is 9.90. The van der Waals surface area contributed by atoms with E-state index in [1.54, 1.807) is 24.3 Å². The lowest BCUT2D eigenvalue weighted by Gasteiger charge is -2.19. The summed E-state index contributed by atoms with van der Waals surface area (Å²) in [4.78, 5) is 12.6. The first-order valence-electron chi connectivity index (χ1n) is 13.4. The highest BCUT2D eigenvalue weighted by atomic mass is 19.4. The van der Waals surface area contributed by atoms with Crippen molar-refractivity contribution in [3.05, 3.63) is 119 Å². The number of esters is 1. The number of carbonyl (C=O) groups is 1. The van der Waals surface area contributed by atoms with Crippen LogP contribution in [-0.2, 0) is 6.42 Å². The summed E-state index contributed by atoms with van der Waals surface area (Å²) in [7, 11) is 3.79. The number of ether oxygens (including phenoxy) is 2. The predicted molar refractivity (Wildman–Crippen MR) is 156 cm³/mol. The summed E-state index contributed by atoms with van der Waals surface area (Å²) in [6.45, 7) is -0.0565. The molecule has 0 unspecified atom stereocenters. The number of anilines is 2. The molecule has 0 saturated carbocycles. The summed E-state index contributed by atoms with van der Waals surface area (Å²) in [5, 5.41) is 6.32. The van der Waals surface area contributed by atoms with Crippen LogP contribution in [0.4, 0.5) is 24.5 Å². The first-order chi connectivity index (χ1) is 19.7. The Hall–Kier alpha value is -4.46. The Labute approximate surface area is 238 Å². The zero-order chi connectivity index (χ0) is 29.2. The highest BCUT2D eigenvalue weighted by Crippen LogP contribution is 2.31. The fourth-order valence-electron chi connectivity index (χ4n) is 4.44. The third kappa shape index (κ3) is 8.76. The molecular weight excluding hydrogens is 529 g/mol. The van der Waals surface area contributed by atoms with Crippen LogP contribution < -0.4 is 20.1 Å². The largest absolute Gasteiger partial charge is 0.494 e. The Bertz CT molecular complexity index is 1340. The van der Waals surface area contributed by atoms with E-state index in [-0.39, 0.29) is 18.9 Å². The van der Waals surface area contributed by atoms with E-state index < -0.39 is 18.6 Å². The topological polar surface area (TPSA) is 59.6 Å². The summed E-state index contributed by atoms with van der Waals surface area (Å²) in [6.07, 6.45) is -4.47.